The highest BCUT2D eigenvalue weighted by Crippen LogP contribution is 2.33. The summed E-state index contributed by atoms with van der Waals surface area (Å²) < 4.78 is 0. The van der Waals surface area contributed by atoms with E-state index < -0.39 is 0 Å². The number of para-hydroxylation sites is 1. The Morgan fingerprint density at radius 2 is 1.55 bits per heavy atom. The van der Waals surface area contributed by atoms with Crippen LogP contribution in [-0.4, -0.2) is 52.6 Å². The summed E-state index contributed by atoms with van der Waals surface area (Å²) in [4.78, 5) is 16.4. The van der Waals surface area contributed by atoms with E-state index in [1.165, 1.54) is 64.6 Å². The standard InChI is InChI=1S/C38H52N6/c1-3-16-31(17-4-2)37-42-35-33-19-13-14-20-34(33)41-38(36(35)43-37)40-32-23-21-30(22-24-32)18-12-10-8-6-5-7-9-11-15-27-44-28-25-39-26-29-44/h13-14,19-24,31,39H,3-11,15-17,25-29H2,1-2H3,(H,40,41)(H,42,43). The number of aromatic nitrogens is 3. The van der Waals surface area contributed by atoms with Crippen molar-refractivity contribution in [2.75, 3.05) is 38.0 Å². The van der Waals surface area contributed by atoms with Gasteiger partial charge >= 0.3 is 0 Å². The Labute approximate surface area is 264 Å². The van der Waals surface area contributed by atoms with Crippen LogP contribution in [0.4, 0.5) is 11.5 Å². The average molecular weight is 593 g/mol. The minimum absolute atomic E-state index is 0.444. The summed E-state index contributed by atoms with van der Waals surface area (Å²) in [5.74, 6) is 9.10. The van der Waals surface area contributed by atoms with Crippen molar-refractivity contribution in [2.45, 2.75) is 96.8 Å². The second kappa shape index (κ2) is 17.2. The number of piperazine rings is 1. The van der Waals surface area contributed by atoms with Gasteiger partial charge in [-0.05, 0) is 62.6 Å². The quantitative estimate of drug-likeness (QED) is 0.0895. The van der Waals surface area contributed by atoms with Crippen LogP contribution in [0.2, 0.25) is 0 Å². The fraction of sp³-hybridized carbons (Fsp3) is 0.526. The lowest BCUT2D eigenvalue weighted by Gasteiger charge is -2.27. The highest BCUT2D eigenvalue weighted by molar-refractivity contribution is 6.07. The number of benzene rings is 2. The Balaban J connectivity index is 1.10. The van der Waals surface area contributed by atoms with Gasteiger partial charge in [-0.2, -0.15) is 0 Å². The summed E-state index contributed by atoms with van der Waals surface area (Å²) in [5, 5.41) is 8.10. The summed E-state index contributed by atoms with van der Waals surface area (Å²) in [6.07, 6.45) is 14.8. The minimum Gasteiger partial charge on any atom is -0.339 e. The van der Waals surface area contributed by atoms with Crippen molar-refractivity contribution in [3.05, 3.63) is 59.9 Å². The number of fused-ring (bicyclic) bond motifs is 3. The van der Waals surface area contributed by atoms with Gasteiger partial charge in [0, 0.05) is 55.2 Å². The van der Waals surface area contributed by atoms with Crippen LogP contribution >= 0.6 is 0 Å². The van der Waals surface area contributed by atoms with Crippen LogP contribution in [-0.2, 0) is 0 Å². The lowest BCUT2D eigenvalue weighted by atomic mass is 9.98. The molecule has 234 valence electrons. The normalized spacial score (nSPS) is 13.9. The van der Waals surface area contributed by atoms with Crippen LogP contribution in [0.15, 0.2) is 48.5 Å². The fourth-order valence-corrected chi connectivity index (χ4v) is 6.41. The Kier molecular flexibility index (Phi) is 12.5. The first-order valence-electron chi connectivity index (χ1n) is 17.3. The Hall–Kier alpha value is -3.40. The Morgan fingerprint density at radius 1 is 0.841 bits per heavy atom. The molecular weight excluding hydrogens is 540 g/mol. The highest BCUT2D eigenvalue weighted by atomic mass is 15.2. The number of H-pyrrole nitrogens is 1. The van der Waals surface area contributed by atoms with Crippen molar-refractivity contribution in [1.29, 1.82) is 0 Å². The Morgan fingerprint density at radius 3 is 2.30 bits per heavy atom. The van der Waals surface area contributed by atoms with Gasteiger partial charge in [0.1, 0.15) is 16.9 Å². The third-order valence-corrected chi connectivity index (χ3v) is 8.88. The second-order valence-corrected chi connectivity index (χ2v) is 12.4. The van der Waals surface area contributed by atoms with Crippen molar-refractivity contribution in [3.63, 3.8) is 0 Å². The van der Waals surface area contributed by atoms with Crippen LogP contribution in [0.1, 0.15) is 108 Å². The molecule has 0 saturated carbocycles. The molecule has 0 unspecified atom stereocenters. The van der Waals surface area contributed by atoms with Crippen molar-refractivity contribution in [3.8, 4) is 11.8 Å². The van der Waals surface area contributed by atoms with Gasteiger partial charge in [-0.15, -0.1) is 0 Å². The van der Waals surface area contributed by atoms with Crippen LogP contribution < -0.4 is 10.6 Å². The van der Waals surface area contributed by atoms with E-state index in [9.17, 15) is 0 Å². The van der Waals surface area contributed by atoms with Gasteiger partial charge in [-0.1, -0.05) is 88.8 Å². The molecule has 44 heavy (non-hydrogen) atoms. The van der Waals surface area contributed by atoms with E-state index in [1.807, 2.05) is 6.07 Å². The van der Waals surface area contributed by atoms with Crippen molar-refractivity contribution in [2.24, 2.45) is 0 Å². The van der Waals surface area contributed by atoms with Gasteiger partial charge < -0.3 is 20.5 Å². The second-order valence-electron chi connectivity index (χ2n) is 12.4. The molecule has 0 bridgehead atoms. The van der Waals surface area contributed by atoms with Crippen molar-refractivity contribution in [1.82, 2.24) is 25.2 Å². The number of imidazole rings is 1. The first kappa shape index (κ1) is 32.0. The van der Waals surface area contributed by atoms with Crippen LogP contribution in [0, 0.1) is 11.8 Å². The smallest absolute Gasteiger partial charge is 0.157 e. The SMILES string of the molecule is CCCC(CCC)c1nc2c([nH]1)c(Nc1ccc(C#CCCCCCCCCCN3CCNCC3)cc1)nc1ccccc12. The van der Waals surface area contributed by atoms with Crippen LogP contribution in [0.25, 0.3) is 21.9 Å². The first-order chi connectivity index (χ1) is 21.7. The molecule has 3 heterocycles. The van der Waals surface area contributed by atoms with E-state index in [0.717, 1.165) is 90.0 Å². The molecule has 0 atom stereocenters. The highest BCUT2D eigenvalue weighted by Gasteiger charge is 2.19. The number of hydrogen-bond acceptors (Lipinski definition) is 5. The van der Waals surface area contributed by atoms with Crippen LogP contribution in [0.3, 0.4) is 0 Å². The van der Waals surface area contributed by atoms with E-state index in [1.54, 1.807) is 0 Å². The Bertz CT molecular complexity index is 1480. The van der Waals surface area contributed by atoms with E-state index >= 15 is 0 Å². The van der Waals surface area contributed by atoms with E-state index in [-0.39, 0.29) is 0 Å². The average Bonchev–Trinajstić information content (AvgIpc) is 3.51. The molecule has 0 radical (unpaired) electrons. The topological polar surface area (TPSA) is 68.9 Å². The van der Waals surface area contributed by atoms with Crippen LogP contribution in [0.5, 0.6) is 0 Å². The summed E-state index contributed by atoms with van der Waals surface area (Å²) in [5.41, 5.74) is 5.00. The predicted molar refractivity (Wildman–Crippen MR) is 187 cm³/mol. The number of pyridine rings is 1. The molecule has 2 aromatic heterocycles. The molecule has 6 heteroatoms. The zero-order valence-corrected chi connectivity index (χ0v) is 27.1. The monoisotopic (exact) mass is 592 g/mol. The molecule has 3 N–H and O–H groups in total. The van der Waals surface area contributed by atoms with E-state index in [2.05, 4.69) is 88.7 Å². The molecule has 5 rings (SSSR count). The predicted octanol–water partition coefficient (Wildman–Crippen LogP) is 8.92. The molecule has 0 spiro atoms. The van der Waals surface area contributed by atoms with Gasteiger partial charge in [0.15, 0.2) is 5.82 Å². The van der Waals surface area contributed by atoms with Gasteiger partial charge in [-0.3, -0.25) is 0 Å². The molecule has 1 fully saturated rings. The molecule has 6 nitrogen and oxygen atoms in total. The lowest BCUT2D eigenvalue weighted by Crippen LogP contribution is -2.43. The summed E-state index contributed by atoms with van der Waals surface area (Å²) in [6, 6.07) is 16.7. The molecule has 1 aliphatic rings. The number of hydrogen-bond donors (Lipinski definition) is 3. The largest absolute Gasteiger partial charge is 0.339 e. The van der Waals surface area contributed by atoms with Gasteiger partial charge in [-0.25, -0.2) is 9.97 Å². The van der Waals surface area contributed by atoms with E-state index in [0.29, 0.717) is 5.92 Å². The molecule has 1 saturated heterocycles. The number of nitrogens with zero attached hydrogens (tertiary/aromatic N) is 3. The molecule has 2 aromatic carbocycles. The maximum Gasteiger partial charge on any atom is 0.157 e. The number of anilines is 2. The molecule has 4 aromatic rings. The number of rotatable bonds is 16. The maximum atomic E-state index is 5.13. The zero-order valence-electron chi connectivity index (χ0n) is 27.1. The van der Waals surface area contributed by atoms with E-state index in [4.69, 9.17) is 9.97 Å². The third kappa shape index (κ3) is 9.06. The summed E-state index contributed by atoms with van der Waals surface area (Å²) >= 11 is 0. The van der Waals surface area contributed by atoms with Gasteiger partial charge in [0.25, 0.3) is 0 Å². The summed E-state index contributed by atoms with van der Waals surface area (Å²) in [7, 11) is 0. The lowest BCUT2D eigenvalue weighted by molar-refractivity contribution is 0.236. The first-order valence-corrected chi connectivity index (χ1v) is 17.3. The molecule has 0 amide bonds. The summed E-state index contributed by atoms with van der Waals surface area (Å²) in [6.45, 7) is 10.5. The molecule has 1 aliphatic heterocycles. The van der Waals surface area contributed by atoms with Crippen molar-refractivity contribution >= 4 is 33.4 Å². The number of nitrogens with one attached hydrogen (secondary N) is 3. The van der Waals surface area contributed by atoms with Gasteiger partial charge in [0.2, 0.25) is 0 Å². The third-order valence-electron chi connectivity index (χ3n) is 8.88. The van der Waals surface area contributed by atoms with Crippen molar-refractivity contribution < 1.29 is 0 Å². The molecule has 0 aliphatic carbocycles. The molecular formula is C38H52N6. The maximum absolute atomic E-state index is 5.13. The minimum atomic E-state index is 0.444. The zero-order chi connectivity index (χ0) is 30.4. The number of aromatic amines is 1. The fourth-order valence-electron chi connectivity index (χ4n) is 6.41. The van der Waals surface area contributed by atoms with Gasteiger partial charge in [0.05, 0.1) is 5.52 Å². The number of unbranched alkanes of at least 4 members (excludes halogenated alkanes) is 7.